The number of aliphatic hydroxyl groups is 1. The van der Waals surface area contributed by atoms with E-state index in [4.69, 9.17) is 5.11 Å². The molecule has 1 unspecified atom stereocenters. The molecule has 0 radical (unpaired) electrons. The Morgan fingerprint density at radius 3 is 3.06 bits per heavy atom. The molecular formula is C11H13BrN2O2. The molecule has 4 nitrogen and oxygen atoms in total. The third kappa shape index (κ3) is 2.42. The summed E-state index contributed by atoms with van der Waals surface area (Å²) in [6.45, 7) is 0.313. The van der Waals surface area contributed by atoms with Crippen LogP contribution in [-0.2, 0) is 4.79 Å². The van der Waals surface area contributed by atoms with E-state index in [1.54, 1.807) is 0 Å². The van der Waals surface area contributed by atoms with Crippen LogP contribution in [0.4, 0.5) is 0 Å². The number of carbonyl (C=O) groups excluding carboxylic acids is 1. The van der Waals surface area contributed by atoms with Crippen LogP contribution >= 0.6 is 15.9 Å². The van der Waals surface area contributed by atoms with Crippen molar-refractivity contribution in [1.82, 2.24) is 10.4 Å². The van der Waals surface area contributed by atoms with Crippen molar-refractivity contribution in [2.24, 2.45) is 0 Å². The predicted octanol–water partition coefficient (Wildman–Crippen LogP) is 1.22. The van der Waals surface area contributed by atoms with E-state index in [9.17, 15) is 4.79 Å². The molecule has 1 aromatic rings. The minimum Gasteiger partial charge on any atom is -0.394 e. The zero-order valence-electron chi connectivity index (χ0n) is 8.69. The SMILES string of the molecule is O=C1CC(c2cccc(Br)c2)NN1CCO. The highest BCUT2D eigenvalue weighted by Gasteiger charge is 2.29. The molecule has 0 saturated carbocycles. The number of halogens is 1. The second-order valence-electron chi connectivity index (χ2n) is 3.71. The second kappa shape index (κ2) is 4.95. The molecule has 0 spiro atoms. The smallest absolute Gasteiger partial charge is 0.238 e. The van der Waals surface area contributed by atoms with Crippen molar-refractivity contribution in [2.45, 2.75) is 12.5 Å². The van der Waals surface area contributed by atoms with Gasteiger partial charge in [0.15, 0.2) is 0 Å². The highest BCUT2D eigenvalue weighted by molar-refractivity contribution is 9.10. The van der Waals surface area contributed by atoms with Gasteiger partial charge in [-0.1, -0.05) is 28.1 Å². The number of hydrazine groups is 1. The fraction of sp³-hybridized carbons (Fsp3) is 0.364. The number of amides is 1. The maximum atomic E-state index is 11.6. The lowest BCUT2D eigenvalue weighted by atomic mass is 10.1. The normalized spacial score (nSPS) is 20.5. The van der Waals surface area contributed by atoms with Crippen molar-refractivity contribution in [3.05, 3.63) is 34.3 Å². The monoisotopic (exact) mass is 284 g/mol. The van der Waals surface area contributed by atoms with Crippen molar-refractivity contribution < 1.29 is 9.90 Å². The lowest BCUT2D eigenvalue weighted by molar-refractivity contribution is -0.130. The summed E-state index contributed by atoms with van der Waals surface area (Å²) < 4.78 is 1.000. The zero-order chi connectivity index (χ0) is 11.5. The summed E-state index contributed by atoms with van der Waals surface area (Å²) in [6.07, 6.45) is 0.441. The molecule has 5 heteroatoms. The summed E-state index contributed by atoms with van der Waals surface area (Å²) >= 11 is 3.40. The lowest BCUT2D eigenvalue weighted by Gasteiger charge is -2.16. The quantitative estimate of drug-likeness (QED) is 0.878. The molecule has 1 amide bonds. The standard InChI is InChI=1S/C11H13BrN2O2/c12-9-3-1-2-8(6-9)10-7-11(16)14(13-10)4-5-15/h1-3,6,10,13,15H,4-5,7H2. The van der Waals surface area contributed by atoms with Crippen LogP contribution in [0.1, 0.15) is 18.0 Å². The van der Waals surface area contributed by atoms with E-state index in [1.165, 1.54) is 5.01 Å². The number of aliphatic hydroxyl groups excluding tert-OH is 1. The Hall–Kier alpha value is -0.910. The number of hydrogen-bond acceptors (Lipinski definition) is 3. The van der Waals surface area contributed by atoms with Crippen LogP contribution in [0.3, 0.4) is 0 Å². The van der Waals surface area contributed by atoms with Crippen molar-refractivity contribution >= 4 is 21.8 Å². The van der Waals surface area contributed by atoms with Gasteiger partial charge in [0.2, 0.25) is 5.91 Å². The summed E-state index contributed by atoms with van der Waals surface area (Å²) in [5.41, 5.74) is 4.16. The van der Waals surface area contributed by atoms with E-state index in [0.717, 1.165) is 10.0 Å². The van der Waals surface area contributed by atoms with Gasteiger partial charge in [0.25, 0.3) is 0 Å². The van der Waals surface area contributed by atoms with Gasteiger partial charge in [-0.05, 0) is 17.7 Å². The molecule has 0 bridgehead atoms. The van der Waals surface area contributed by atoms with E-state index < -0.39 is 0 Å². The molecule has 1 heterocycles. The minimum absolute atomic E-state index is 0.0107. The first kappa shape index (κ1) is 11.6. The topological polar surface area (TPSA) is 52.6 Å². The first-order valence-electron chi connectivity index (χ1n) is 5.13. The molecule has 1 aliphatic heterocycles. The van der Waals surface area contributed by atoms with E-state index >= 15 is 0 Å². The van der Waals surface area contributed by atoms with Gasteiger partial charge in [-0.2, -0.15) is 0 Å². The Bertz CT molecular complexity index is 397. The van der Waals surface area contributed by atoms with E-state index in [1.807, 2.05) is 24.3 Å². The highest BCUT2D eigenvalue weighted by atomic mass is 79.9. The average molecular weight is 285 g/mol. The third-order valence-corrected chi connectivity index (χ3v) is 3.06. The number of β-amino-alcohol motifs (C(OH)–C–C–N with tert-alkyl or cyclic N) is 1. The first-order chi connectivity index (χ1) is 7.70. The van der Waals surface area contributed by atoms with Gasteiger partial charge in [-0.15, -0.1) is 0 Å². The third-order valence-electron chi connectivity index (χ3n) is 2.57. The van der Waals surface area contributed by atoms with Gasteiger partial charge in [-0.3, -0.25) is 9.80 Å². The maximum Gasteiger partial charge on any atom is 0.238 e. The second-order valence-corrected chi connectivity index (χ2v) is 4.63. The number of rotatable bonds is 3. The zero-order valence-corrected chi connectivity index (χ0v) is 10.3. The van der Waals surface area contributed by atoms with Gasteiger partial charge in [0.05, 0.1) is 19.2 Å². The molecule has 2 N–H and O–H groups in total. The van der Waals surface area contributed by atoms with Gasteiger partial charge >= 0.3 is 0 Å². The Morgan fingerprint density at radius 1 is 1.56 bits per heavy atom. The van der Waals surface area contributed by atoms with Crippen LogP contribution in [0, 0.1) is 0 Å². The molecule has 16 heavy (non-hydrogen) atoms. The fourth-order valence-electron chi connectivity index (χ4n) is 1.80. The van der Waals surface area contributed by atoms with Crippen molar-refractivity contribution in [2.75, 3.05) is 13.2 Å². The van der Waals surface area contributed by atoms with Gasteiger partial charge in [-0.25, -0.2) is 5.43 Å². The summed E-state index contributed by atoms with van der Waals surface area (Å²) in [5, 5.41) is 10.3. The van der Waals surface area contributed by atoms with E-state index in [2.05, 4.69) is 21.4 Å². The predicted molar refractivity (Wildman–Crippen MR) is 63.4 cm³/mol. The van der Waals surface area contributed by atoms with Crippen LogP contribution < -0.4 is 5.43 Å². The van der Waals surface area contributed by atoms with Crippen LogP contribution in [0.25, 0.3) is 0 Å². The molecule has 86 valence electrons. The summed E-state index contributed by atoms with van der Waals surface area (Å²) in [4.78, 5) is 11.6. The number of nitrogens with one attached hydrogen (secondary N) is 1. The number of benzene rings is 1. The van der Waals surface area contributed by atoms with Crippen LogP contribution in [0.5, 0.6) is 0 Å². The molecule has 1 aromatic carbocycles. The van der Waals surface area contributed by atoms with Crippen LogP contribution in [-0.4, -0.2) is 29.2 Å². The van der Waals surface area contributed by atoms with E-state index in [-0.39, 0.29) is 18.6 Å². The van der Waals surface area contributed by atoms with Gasteiger partial charge < -0.3 is 5.11 Å². The average Bonchev–Trinajstić information content (AvgIpc) is 2.61. The largest absolute Gasteiger partial charge is 0.394 e. The Kier molecular flexibility index (Phi) is 3.58. The summed E-state index contributed by atoms with van der Waals surface area (Å²) in [7, 11) is 0. The number of carbonyl (C=O) groups is 1. The maximum absolute atomic E-state index is 11.6. The minimum atomic E-state index is -0.0239. The molecule has 1 fully saturated rings. The number of hydrogen-bond donors (Lipinski definition) is 2. The van der Waals surface area contributed by atoms with Crippen molar-refractivity contribution in [3.8, 4) is 0 Å². The van der Waals surface area contributed by atoms with E-state index in [0.29, 0.717) is 13.0 Å². The van der Waals surface area contributed by atoms with Crippen LogP contribution in [0.2, 0.25) is 0 Å². The number of nitrogens with zero attached hydrogens (tertiary/aromatic N) is 1. The van der Waals surface area contributed by atoms with Crippen LogP contribution in [0.15, 0.2) is 28.7 Å². The molecular weight excluding hydrogens is 272 g/mol. The van der Waals surface area contributed by atoms with Gasteiger partial charge in [0.1, 0.15) is 0 Å². The Labute approximate surface area is 102 Å². The fourth-order valence-corrected chi connectivity index (χ4v) is 2.21. The highest BCUT2D eigenvalue weighted by Crippen LogP contribution is 2.25. The summed E-state index contributed by atoms with van der Waals surface area (Å²) in [5.74, 6) is 0.0269. The van der Waals surface area contributed by atoms with Gasteiger partial charge in [0, 0.05) is 10.9 Å². The molecule has 1 atom stereocenters. The van der Waals surface area contributed by atoms with Crippen molar-refractivity contribution in [1.29, 1.82) is 0 Å². The lowest BCUT2D eigenvalue weighted by Crippen LogP contribution is -2.37. The summed E-state index contributed by atoms with van der Waals surface area (Å²) in [6, 6.07) is 7.88. The Morgan fingerprint density at radius 2 is 2.38 bits per heavy atom. The molecule has 1 saturated heterocycles. The molecule has 2 rings (SSSR count). The Balaban J connectivity index is 2.10. The molecule has 0 aromatic heterocycles. The molecule has 1 aliphatic rings. The first-order valence-corrected chi connectivity index (χ1v) is 5.93. The molecule has 0 aliphatic carbocycles. The van der Waals surface area contributed by atoms with Crippen molar-refractivity contribution in [3.63, 3.8) is 0 Å².